The Morgan fingerprint density at radius 3 is 2.57 bits per heavy atom. The van der Waals surface area contributed by atoms with Crippen LogP contribution < -0.4 is 9.64 Å². The lowest BCUT2D eigenvalue weighted by Crippen LogP contribution is -2.48. The fourth-order valence-corrected chi connectivity index (χ4v) is 5.62. The summed E-state index contributed by atoms with van der Waals surface area (Å²) in [6.07, 6.45) is 1.06. The van der Waals surface area contributed by atoms with Crippen LogP contribution in [0.4, 0.5) is 14.6 Å². The number of nitriles is 1. The molecule has 0 saturated carbocycles. The number of carbonyl (C=O) groups excluding carboxylic acids is 1. The summed E-state index contributed by atoms with van der Waals surface area (Å²) in [5, 5.41) is 8.94. The second-order valence-corrected chi connectivity index (χ2v) is 10.9. The maximum atomic E-state index is 14.9. The predicted molar refractivity (Wildman–Crippen MR) is 157 cm³/mol. The quantitative estimate of drug-likeness (QED) is 0.254. The minimum Gasteiger partial charge on any atom is -0.473 e. The summed E-state index contributed by atoms with van der Waals surface area (Å²) in [5.74, 6) is -0.178. The molecule has 0 radical (unpaired) electrons. The largest absolute Gasteiger partial charge is 0.473 e. The molecule has 0 aliphatic carbocycles. The van der Waals surface area contributed by atoms with E-state index in [1.807, 2.05) is 23.1 Å². The molecule has 228 valence electrons. The van der Waals surface area contributed by atoms with Gasteiger partial charge in [0.1, 0.15) is 18.2 Å². The number of aromatic nitrogens is 3. The Labute approximate surface area is 253 Å². The summed E-state index contributed by atoms with van der Waals surface area (Å²) in [6, 6.07) is 14.1. The average molecular weight is 603 g/mol. The Bertz CT molecular complexity index is 1730. The molecule has 1 unspecified atom stereocenters. The van der Waals surface area contributed by atoms with Gasteiger partial charge in [-0.1, -0.05) is 6.07 Å². The van der Waals surface area contributed by atoms with Crippen molar-refractivity contribution >= 4 is 22.8 Å². The lowest BCUT2D eigenvalue weighted by Gasteiger charge is -2.38. The van der Waals surface area contributed by atoms with Gasteiger partial charge in [-0.3, -0.25) is 4.90 Å². The van der Waals surface area contributed by atoms with Crippen molar-refractivity contribution in [3.63, 3.8) is 0 Å². The van der Waals surface area contributed by atoms with Crippen molar-refractivity contribution in [2.75, 3.05) is 44.8 Å². The standard InChI is InChI=1S/C32H32F2N6O4/c1-20(30-36-27-7-5-22(32(41)42-2)16-28(27)40(30)18-24-9-14-43-24)38-10-12-39(13-11-38)31-25(33)6-8-29(37-31)44-19-23-4-3-21(17-35)15-26(23)34/h3-8,15-16,20,24H,9-14,18-19H2,1-2H3/t20-,24?/m0/s1. The fraction of sp³-hybridized carbons (Fsp3) is 0.375. The Hall–Kier alpha value is -4.60. The van der Waals surface area contributed by atoms with Gasteiger partial charge in [0.05, 0.1) is 54.0 Å². The number of piperazine rings is 1. The summed E-state index contributed by atoms with van der Waals surface area (Å²) < 4.78 is 47.7. The Kier molecular flexibility index (Phi) is 8.41. The summed E-state index contributed by atoms with van der Waals surface area (Å²) in [5.41, 5.74) is 2.61. The first-order chi connectivity index (χ1) is 21.3. The number of fused-ring (bicyclic) bond motifs is 1. The van der Waals surface area contributed by atoms with Gasteiger partial charge in [-0.05, 0) is 49.7 Å². The molecule has 4 aromatic rings. The van der Waals surface area contributed by atoms with Gasteiger partial charge in [0, 0.05) is 44.4 Å². The minimum absolute atomic E-state index is 0.0546. The van der Waals surface area contributed by atoms with Gasteiger partial charge in [-0.25, -0.2) is 18.6 Å². The highest BCUT2D eigenvalue weighted by atomic mass is 19.1. The van der Waals surface area contributed by atoms with Crippen LogP contribution >= 0.6 is 0 Å². The molecule has 0 amide bonds. The number of anilines is 1. The number of methoxy groups -OCH3 is 1. The molecule has 2 aromatic heterocycles. The lowest BCUT2D eigenvalue weighted by atomic mass is 10.1. The molecule has 2 fully saturated rings. The van der Waals surface area contributed by atoms with E-state index < -0.39 is 17.6 Å². The molecule has 0 N–H and O–H groups in total. The summed E-state index contributed by atoms with van der Waals surface area (Å²) in [7, 11) is 1.36. The minimum atomic E-state index is -0.547. The van der Waals surface area contributed by atoms with Gasteiger partial charge < -0.3 is 23.7 Å². The van der Waals surface area contributed by atoms with E-state index in [9.17, 15) is 13.6 Å². The number of pyridine rings is 1. The third kappa shape index (κ3) is 5.93. The van der Waals surface area contributed by atoms with Crippen molar-refractivity contribution in [3.05, 3.63) is 82.7 Å². The number of ether oxygens (including phenoxy) is 3. The number of hydrogen-bond donors (Lipinski definition) is 0. The summed E-state index contributed by atoms with van der Waals surface area (Å²) in [6.45, 7) is 5.71. The predicted octanol–water partition coefficient (Wildman–Crippen LogP) is 4.62. The van der Waals surface area contributed by atoms with Crippen LogP contribution in [0, 0.1) is 23.0 Å². The highest BCUT2D eigenvalue weighted by Crippen LogP contribution is 2.30. The molecule has 2 saturated heterocycles. The second-order valence-electron chi connectivity index (χ2n) is 10.9. The van der Waals surface area contributed by atoms with Crippen molar-refractivity contribution < 1.29 is 27.8 Å². The molecule has 6 rings (SSSR count). The van der Waals surface area contributed by atoms with Crippen molar-refractivity contribution in [3.8, 4) is 11.9 Å². The lowest BCUT2D eigenvalue weighted by molar-refractivity contribution is -0.0594. The van der Waals surface area contributed by atoms with Crippen LogP contribution in [0.3, 0.4) is 0 Å². The molecular weight excluding hydrogens is 570 g/mol. The average Bonchev–Trinajstić information content (AvgIpc) is 3.39. The smallest absolute Gasteiger partial charge is 0.337 e. The van der Waals surface area contributed by atoms with Gasteiger partial charge in [0.25, 0.3) is 0 Å². The third-order valence-corrected chi connectivity index (χ3v) is 8.27. The molecule has 0 bridgehead atoms. The Balaban J connectivity index is 1.16. The monoisotopic (exact) mass is 602 g/mol. The van der Waals surface area contributed by atoms with Crippen LogP contribution in [0.5, 0.6) is 5.88 Å². The van der Waals surface area contributed by atoms with E-state index in [2.05, 4.69) is 21.4 Å². The van der Waals surface area contributed by atoms with E-state index in [1.54, 1.807) is 6.07 Å². The van der Waals surface area contributed by atoms with E-state index in [0.717, 1.165) is 36.0 Å². The maximum Gasteiger partial charge on any atom is 0.337 e. The van der Waals surface area contributed by atoms with E-state index in [0.29, 0.717) is 38.3 Å². The molecular formula is C32H32F2N6O4. The number of rotatable bonds is 9. The third-order valence-electron chi connectivity index (χ3n) is 8.27. The van der Waals surface area contributed by atoms with Gasteiger partial charge in [-0.15, -0.1) is 0 Å². The van der Waals surface area contributed by atoms with Crippen LogP contribution in [-0.4, -0.2) is 71.4 Å². The topological polar surface area (TPSA) is 106 Å². The number of hydrogen-bond acceptors (Lipinski definition) is 9. The van der Waals surface area contributed by atoms with Crippen molar-refractivity contribution in [2.24, 2.45) is 0 Å². The first-order valence-electron chi connectivity index (χ1n) is 14.5. The highest BCUT2D eigenvalue weighted by Gasteiger charge is 2.30. The van der Waals surface area contributed by atoms with E-state index in [1.165, 1.54) is 31.4 Å². The molecule has 2 aromatic carbocycles. The molecule has 10 nitrogen and oxygen atoms in total. The van der Waals surface area contributed by atoms with Crippen molar-refractivity contribution in [1.82, 2.24) is 19.4 Å². The summed E-state index contributed by atoms with van der Waals surface area (Å²) in [4.78, 5) is 25.7. The normalized spacial score (nSPS) is 17.6. The number of imidazole rings is 1. The van der Waals surface area contributed by atoms with Crippen LogP contribution in [0.25, 0.3) is 11.0 Å². The Morgan fingerprint density at radius 1 is 1.09 bits per heavy atom. The van der Waals surface area contributed by atoms with Crippen LogP contribution in [0.15, 0.2) is 48.5 Å². The van der Waals surface area contributed by atoms with Gasteiger partial charge in [0.15, 0.2) is 11.6 Å². The zero-order valence-electron chi connectivity index (χ0n) is 24.5. The zero-order chi connectivity index (χ0) is 30.8. The molecule has 44 heavy (non-hydrogen) atoms. The van der Waals surface area contributed by atoms with E-state index in [-0.39, 0.29) is 41.6 Å². The van der Waals surface area contributed by atoms with Crippen LogP contribution in [-0.2, 0) is 22.6 Å². The Morgan fingerprint density at radius 2 is 1.89 bits per heavy atom. The number of esters is 1. The summed E-state index contributed by atoms with van der Waals surface area (Å²) >= 11 is 0. The van der Waals surface area contributed by atoms with Gasteiger partial charge in [0.2, 0.25) is 5.88 Å². The fourth-order valence-electron chi connectivity index (χ4n) is 5.62. The first-order valence-corrected chi connectivity index (χ1v) is 14.5. The maximum absolute atomic E-state index is 14.9. The SMILES string of the molecule is COC(=O)c1ccc2nc([C@H](C)N3CCN(c4nc(OCc5ccc(C#N)cc5F)ccc4F)CC3)n(CC3CCO3)c2c1. The van der Waals surface area contributed by atoms with Crippen molar-refractivity contribution in [1.29, 1.82) is 5.26 Å². The molecule has 4 heterocycles. The van der Waals surface area contributed by atoms with Gasteiger partial charge in [-0.2, -0.15) is 10.2 Å². The molecule has 2 atom stereocenters. The first kappa shape index (κ1) is 29.5. The van der Waals surface area contributed by atoms with Gasteiger partial charge >= 0.3 is 5.97 Å². The molecule has 2 aliphatic rings. The highest BCUT2D eigenvalue weighted by molar-refractivity contribution is 5.93. The van der Waals surface area contributed by atoms with E-state index in [4.69, 9.17) is 24.5 Å². The van der Waals surface area contributed by atoms with Crippen LogP contribution in [0.1, 0.15) is 46.7 Å². The van der Waals surface area contributed by atoms with E-state index >= 15 is 0 Å². The zero-order valence-corrected chi connectivity index (χ0v) is 24.5. The van der Waals surface area contributed by atoms with Crippen LogP contribution in [0.2, 0.25) is 0 Å². The number of halogens is 2. The van der Waals surface area contributed by atoms with Crippen molar-refractivity contribution in [2.45, 2.75) is 38.6 Å². The number of benzene rings is 2. The molecule has 12 heteroatoms. The molecule has 0 spiro atoms. The molecule has 2 aliphatic heterocycles. The number of carbonyl (C=O) groups is 1. The second kappa shape index (κ2) is 12.6. The number of nitrogens with zero attached hydrogens (tertiary/aromatic N) is 6.